The van der Waals surface area contributed by atoms with Gasteiger partial charge in [0, 0.05) is 23.3 Å². The molecule has 0 spiro atoms. The van der Waals surface area contributed by atoms with Crippen molar-refractivity contribution in [2.75, 3.05) is 0 Å². The Bertz CT molecular complexity index is 1370. The van der Waals surface area contributed by atoms with Crippen molar-refractivity contribution in [3.8, 4) is 17.2 Å². The van der Waals surface area contributed by atoms with E-state index in [1.54, 1.807) is 12.1 Å². The summed E-state index contributed by atoms with van der Waals surface area (Å²) in [6.45, 7) is 3.86. The van der Waals surface area contributed by atoms with Crippen molar-refractivity contribution in [2.45, 2.75) is 24.7 Å². The van der Waals surface area contributed by atoms with Gasteiger partial charge in [-0.3, -0.25) is 14.9 Å². The number of phenolic OH excluding ortho intramolecular Hbond substituents is 1. The quantitative estimate of drug-likeness (QED) is 0.251. The van der Waals surface area contributed by atoms with Crippen molar-refractivity contribution < 1.29 is 28.0 Å². The van der Waals surface area contributed by atoms with Gasteiger partial charge in [-0.2, -0.15) is 0 Å². The molecule has 9 nitrogen and oxygen atoms in total. The fourth-order valence-corrected chi connectivity index (χ4v) is 5.33. The number of nitrogens with one attached hydrogen (secondary N) is 1. The number of rotatable bonds is 7. The van der Waals surface area contributed by atoms with E-state index in [4.69, 9.17) is 4.74 Å². The van der Waals surface area contributed by atoms with E-state index in [0.29, 0.717) is 26.0 Å². The van der Waals surface area contributed by atoms with Crippen molar-refractivity contribution in [2.24, 2.45) is 0 Å². The van der Waals surface area contributed by atoms with Gasteiger partial charge in [0.05, 0.1) is 18.8 Å². The minimum Gasteiger partial charge on any atom is -0.508 e. The highest BCUT2D eigenvalue weighted by Gasteiger charge is 2.23. The Hall–Kier alpha value is -2.96. The Morgan fingerprint density at radius 3 is 2.32 bits per heavy atom. The average molecular weight is 614 g/mol. The maximum Gasteiger partial charge on any atom is 0.270 e. The molecule has 0 saturated carbocycles. The van der Waals surface area contributed by atoms with Crippen molar-refractivity contribution in [3.63, 3.8) is 0 Å². The number of phenols is 1. The predicted molar refractivity (Wildman–Crippen MR) is 132 cm³/mol. The summed E-state index contributed by atoms with van der Waals surface area (Å²) in [5.74, 6) is 0.0602. The van der Waals surface area contributed by atoms with Gasteiger partial charge in [-0.15, -0.1) is 0 Å². The lowest BCUT2D eigenvalue weighted by molar-refractivity contribution is -0.385. The molecular weight excluding hydrogens is 596 g/mol. The maximum atomic E-state index is 12.6. The summed E-state index contributed by atoms with van der Waals surface area (Å²) >= 11 is 6.65. The topological polar surface area (TPSA) is 136 Å². The monoisotopic (exact) mass is 612 g/mol. The zero-order valence-corrected chi connectivity index (χ0v) is 21.8. The van der Waals surface area contributed by atoms with Gasteiger partial charge in [0.2, 0.25) is 0 Å². The number of hydrogen-bond donors (Lipinski definition) is 2. The standard InChI is InChI=1S/C22H18Br2N2O7S/c1-12(2)17-11-15(6-7-20(17)27)33-21-18(23)8-13(9-19(21)24)22(28)25-34(31,32)16-5-3-4-14(10-16)26(29)30/h3-12,27H,1-2H3,(H,25,28). The van der Waals surface area contributed by atoms with Crippen LogP contribution >= 0.6 is 31.9 Å². The molecule has 3 aromatic carbocycles. The third kappa shape index (κ3) is 5.75. The van der Waals surface area contributed by atoms with Crippen molar-refractivity contribution in [1.29, 1.82) is 0 Å². The number of amides is 1. The molecule has 0 aromatic heterocycles. The van der Waals surface area contributed by atoms with Crippen LogP contribution in [0.4, 0.5) is 5.69 Å². The number of nitro groups is 1. The van der Waals surface area contributed by atoms with E-state index in [1.165, 1.54) is 24.3 Å². The maximum absolute atomic E-state index is 12.6. The molecule has 178 valence electrons. The third-order valence-electron chi connectivity index (χ3n) is 4.67. The number of nitro benzene ring substituents is 1. The zero-order valence-electron chi connectivity index (χ0n) is 17.8. The van der Waals surface area contributed by atoms with Crippen molar-refractivity contribution in [3.05, 3.63) is 84.8 Å². The van der Waals surface area contributed by atoms with Gasteiger partial charge in [-0.25, -0.2) is 13.1 Å². The molecule has 1 amide bonds. The van der Waals surface area contributed by atoms with Gasteiger partial charge in [0.25, 0.3) is 21.6 Å². The summed E-state index contributed by atoms with van der Waals surface area (Å²) in [7, 11) is -4.35. The first-order valence-electron chi connectivity index (χ1n) is 9.70. The molecule has 0 bridgehead atoms. The van der Waals surface area contributed by atoms with Crippen LogP contribution in [0.5, 0.6) is 17.2 Å². The third-order valence-corrected chi connectivity index (χ3v) is 7.17. The van der Waals surface area contributed by atoms with Crippen molar-refractivity contribution >= 4 is 53.5 Å². The fraction of sp³-hybridized carbons (Fsp3) is 0.136. The Balaban J connectivity index is 1.86. The van der Waals surface area contributed by atoms with Crippen LogP contribution in [0.15, 0.2) is 68.4 Å². The summed E-state index contributed by atoms with van der Waals surface area (Å²) in [5, 5.41) is 20.9. The van der Waals surface area contributed by atoms with Crippen LogP contribution in [0.25, 0.3) is 0 Å². The molecule has 0 unspecified atom stereocenters. The lowest BCUT2D eigenvalue weighted by Gasteiger charge is -2.15. The Labute approximate surface area is 212 Å². The zero-order chi connectivity index (χ0) is 25.2. The van der Waals surface area contributed by atoms with Gasteiger partial charge >= 0.3 is 0 Å². The molecule has 2 N–H and O–H groups in total. The number of benzene rings is 3. The second-order valence-electron chi connectivity index (χ2n) is 7.44. The first-order chi connectivity index (χ1) is 15.9. The van der Waals surface area contributed by atoms with E-state index in [0.717, 1.165) is 18.2 Å². The smallest absolute Gasteiger partial charge is 0.270 e. The number of carbonyl (C=O) groups is 1. The molecule has 0 aliphatic rings. The largest absolute Gasteiger partial charge is 0.508 e. The first kappa shape index (κ1) is 25.7. The number of carbonyl (C=O) groups excluding carboxylic acids is 1. The fourth-order valence-electron chi connectivity index (χ4n) is 2.97. The summed E-state index contributed by atoms with van der Waals surface area (Å²) < 4.78 is 33.7. The molecule has 0 fully saturated rings. The molecule has 0 saturated heterocycles. The molecule has 0 heterocycles. The van der Waals surface area contributed by atoms with Crippen LogP contribution in [0, 0.1) is 10.1 Å². The summed E-state index contributed by atoms with van der Waals surface area (Å²) in [6, 6.07) is 11.9. The number of ether oxygens (including phenoxy) is 1. The van der Waals surface area contributed by atoms with E-state index >= 15 is 0 Å². The van der Waals surface area contributed by atoms with Gasteiger partial charge in [0.1, 0.15) is 11.5 Å². The van der Waals surface area contributed by atoms with E-state index in [-0.39, 0.29) is 17.2 Å². The average Bonchev–Trinajstić information content (AvgIpc) is 2.76. The Kier molecular flexibility index (Phi) is 7.64. The van der Waals surface area contributed by atoms with Gasteiger partial charge in [-0.05, 0) is 74.2 Å². The molecule has 34 heavy (non-hydrogen) atoms. The van der Waals surface area contributed by atoms with Crippen LogP contribution in [0.2, 0.25) is 0 Å². The number of nitrogens with zero attached hydrogens (tertiary/aromatic N) is 1. The highest BCUT2D eigenvalue weighted by atomic mass is 79.9. The number of non-ortho nitro benzene ring substituents is 1. The number of hydrogen-bond acceptors (Lipinski definition) is 7. The Morgan fingerprint density at radius 1 is 1.09 bits per heavy atom. The number of sulfonamides is 1. The lowest BCUT2D eigenvalue weighted by atomic mass is 10.0. The van der Waals surface area contributed by atoms with E-state index in [2.05, 4.69) is 31.9 Å². The highest BCUT2D eigenvalue weighted by Crippen LogP contribution is 2.39. The number of aromatic hydroxyl groups is 1. The minimum absolute atomic E-state index is 0.00585. The number of halogens is 2. The molecule has 3 aromatic rings. The Morgan fingerprint density at radius 2 is 1.74 bits per heavy atom. The van der Waals surface area contributed by atoms with Gasteiger partial charge < -0.3 is 9.84 Å². The molecule has 3 rings (SSSR count). The molecule has 12 heteroatoms. The second-order valence-corrected chi connectivity index (χ2v) is 10.8. The summed E-state index contributed by atoms with van der Waals surface area (Å²) in [5.41, 5.74) is 0.276. The molecule has 0 radical (unpaired) electrons. The molecular formula is C22H18Br2N2O7S. The van der Waals surface area contributed by atoms with E-state index in [1.807, 2.05) is 18.6 Å². The van der Waals surface area contributed by atoms with Crippen LogP contribution in [0.1, 0.15) is 35.7 Å². The minimum atomic E-state index is -4.35. The molecule has 0 aliphatic heterocycles. The van der Waals surface area contributed by atoms with Crippen LogP contribution in [-0.2, 0) is 10.0 Å². The van der Waals surface area contributed by atoms with Crippen LogP contribution in [0.3, 0.4) is 0 Å². The predicted octanol–water partition coefficient (Wildman–Crippen LogP) is 5.86. The van der Waals surface area contributed by atoms with Crippen LogP contribution < -0.4 is 9.46 Å². The first-order valence-corrected chi connectivity index (χ1v) is 12.8. The van der Waals surface area contributed by atoms with E-state index in [9.17, 15) is 28.4 Å². The normalized spacial score (nSPS) is 11.3. The van der Waals surface area contributed by atoms with Gasteiger partial charge in [0.15, 0.2) is 5.75 Å². The SMILES string of the molecule is CC(C)c1cc(Oc2c(Br)cc(C(=O)NS(=O)(=O)c3cccc([N+](=O)[O-])c3)cc2Br)ccc1O. The van der Waals surface area contributed by atoms with Gasteiger partial charge in [-0.1, -0.05) is 19.9 Å². The molecule has 0 aliphatic carbocycles. The van der Waals surface area contributed by atoms with Crippen LogP contribution in [-0.4, -0.2) is 24.4 Å². The summed E-state index contributed by atoms with van der Waals surface area (Å²) in [4.78, 5) is 22.4. The second kappa shape index (κ2) is 10.1. The van der Waals surface area contributed by atoms with Crippen molar-refractivity contribution in [1.82, 2.24) is 4.72 Å². The molecule has 0 atom stereocenters. The lowest BCUT2D eigenvalue weighted by Crippen LogP contribution is -2.30. The summed E-state index contributed by atoms with van der Waals surface area (Å²) in [6.07, 6.45) is 0. The van der Waals surface area contributed by atoms with E-state index < -0.39 is 31.4 Å². The highest BCUT2D eigenvalue weighted by molar-refractivity contribution is 9.11.